The molecule has 0 bridgehead atoms. The third-order valence-corrected chi connectivity index (χ3v) is 5.87. The predicted octanol–water partition coefficient (Wildman–Crippen LogP) is 5.36. The van der Waals surface area contributed by atoms with E-state index in [9.17, 15) is 4.79 Å². The van der Waals surface area contributed by atoms with Crippen LogP contribution in [-0.4, -0.2) is 30.7 Å². The molecule has 0 saturated carbocycles. The molecule has 1 N–H and O–H groups in total. The summed E-state index contributed by atoms with van der Waals surface area (Å²) in [4.78, 5) is 18.1. The molecule has 1 amide bonds. The van der Waals surface area contributed by atoms with Gasteiger partial charge in [0.2, 0.25) is 5.91 Å². The van der Waals surface area contributed by atoms with Gasteiger partial charge in [0.15, 0.2) is 0 Å². The Bertz CT molecular complexity index is 1030. The Morgan fingerprint density at radius 2 is 1.93 bits per heavy atom. The Morgan fingerprint density at radius 1 is 1.17 bits per heavy atom. The maximum absolute atomic E-state index is 13.6. The standard InChI is InChI=1S/C24H25ClN2O3/c1-2-14-30-21-10-9-20(19-4-3-13-26-22(19)21)27-23(28)24(11-15-29-16-12-24)17-5-7-18(25)8-6-17/h3-10,13H,2,11-12,14-16H2,1H3,(H,27,28). The minimum Gasteiger partial charge on any atom is -0.491 e. The fraction of sp³-hybridized carbons (Fsp3) is 0.333. The molecule has 1 saturated heterocycles. The van der Waals surface area contributed by atoms with Crippen molar-refractivity contribution in [2.75, 3.05) is 25.1 Å². The number of hydrogen-bond donors (Lipinski definition) is 1. The topological polar surface area (TPSA) is 60.5 Å². The van der Waals surface area contributed by atoms with Gasteiger partial charge in [0.05, 0.1) is 17.7 Å². The number of fused-ring (bicyclic) bond motifs is 1. The van der Waals surface area contributed by atoms with Gasteiger partial charge in [0.25, 0.3) is 0 Å². The van der Waals surface area contributed by atoms with E-state index in [0.29, 0.717) is 37.7 Å². The second-order valence-corrected chi connectivity index (χ2v) is 7.95. The van der Waals surface area contributed by atoms with Crippen molar-refractivity contribution < 1.29 is 14.3 Å². The zero-order chi connectivity index (χ0) is 21.0. The zero-order valence-corrected chi connectivity index (χ0v) is 17.7. The van der Waals surface area contributed by atoms with Crippen molar-refractivity contribution in [2.24, 2.45) is 0 Å². The summed E-state index contributed by atoms with van der Waals surface area (Å²) >= 11 is 6.08. The molecule has 0 spiro atoms. The molecule has 5 nitrogen and oxygen atoms in total. The van der Waals surface area contributed by atoms with E-state index >= 15 is 0 Å². The predicted molar refractivity (Wildman–Crippen MR) is 119 cm³/mol. The van der Waals surface area contributed by atoms with E-state index in [1.54, 1.807) is 6.20 Å². The van der Waals surface area contributed by atoms with Crippen LogP contribution in [0.3, 0.4) is 0 Å². The quantitative estimate of drug-likeness (QED) is 0.578. The Morgan fingerprint density at radius 3 is 2.67 bits per heavy atom. The van der Waals surface area contributed by atoms with Crippen LogP contribution in [-0.2, 0) is 14.9 Å². The third kappa shape index (κ3) is 4.00. The van der Waals surface area contributed by atoms with E-state index in [4.69, 9.17) is 21.1 Å². The van der Waals surface area contributed by atoms with Crippen molar-refractivity contribution in [3.63, 3.8) is 0 Å². The van der Waals surface area contributed by atoms with Gasteiger partial charge in [-0.15, -0.1) is 0 Å². The van der Waals surface area contributed by atoms with Crippen molar-refractivity contribution in [3.05, 3.63) is 65.3 Å². The van der Waals surface area contributed by atoms with Crippen LogP contribution in [0, 0.1) is 0 Å². The molecule has 1 aromatic heterocycles. The number of carbonyl (C=O) groups excluding carboxylic acids is 1. The molecule has 0 unspecified atom stereocenters. The third-order valence-electron chi connectivity index (χ3n) is 5.62. The highest BCUT2D eigenvalue weighted by Crippen LogP contribution is 2.38. The number of nitrogens with zero attached hydrogens (tertiary/aromatic N) is 1. The molecule has 0 aliphatic carbocycles. The number of amides is 1. The van der Waals surface area contributed by atoms with Gasteiger partial charge in [-0.1, -0.05) is 30.7 Å². The summed E-state index contributed by atoms with van der Waals surface area (Å²) in [7, 11) is 0. The minimum atomic E-state index is -0.658. The van der Waals surface area contributed by atoms with Crippen molar-refractivity contribution in [1.29, 1.82) is 0 Å². The van der Waals surface area contributed by atoms with Crippen LogP contribution in [0.25, 0.3) is 10.9 Å². The number of anilines is 1. The summed E-state index contributed by atoms with van der Waals surface area (Å²) in [5.74, 6) is 0.685. The molecule has 6 heteroatoms. The maximum atomic E-state index is 13.6. The fourth-order valence-electron chi connectivity index (χ4n) is 3.96. The first-order valence-corrected chi connectivity index (χ1v) is 10.7. The summed E-state index contributed by atoms with van der Waals surface area (Å²) in [5, 5.41) is 4.68. The van der Waals surface area contributed by atoms with E-state index in [2.05, 4.69) is 17.2 Å². The minimum absolute atomic E-state index is 0.0412. The van der Waals surface area contributed by atoms with Gasteiger partial charge in [0, 0.05) is 29.8 Å². The van der Waals surface area contributed by atoms with Crippen LogP contribution in [0.4, 0.5) is 5.69 Å². The second-order valence-electron chi connectivity index (χ2n) is 7.51. The van der Waals surface area contributed by atoms with Crippen LogP contribution in [0.2, 0.25) is 5.02 Å². The maximum Gasteiger partial charge on any atom is 0.235 e. The molecule has 0 atom stereocenters. The van der Waals surface area contributed by atoms with E-state index in [1.165, 1.54) is 0 Å². The molecular formula is C24H25ClN2O3. The summed E-state index contributed by atoms with van der Waals surface area (Å²) in [6.07, 6.45) is 3.89. The largest absolute Gasteiger partial charge is 0.491 e. The van der Waals surface area contributed by atoms with Crippen molar-refractivity contribution in [2.45, 2.75) is 31.6 Å². The monoisotopic (exact) mass is 424 g/mol. The number of ether oxygens (including phenoxy) is 2. The number of benzene rings is 2. The van der Waals surface area contributed by atoms with Crippen LogP contribution in [0.1, 0.15) is 31.7 Å². The molecule has 1 aliphatic heterocycles. The van der Waals surface area contributed by atoms with Crippen molar-refractivity contribution in [1.82, 2.24) is 4.98 Å². The lowest BCUT2D eigenvalue weighted by molar-refractivity contribution is -0.125. The molecule has 0 radical (unpaired) electrons. The van der Waals surface area contributed by atoms with E-state index in [1.807, 2.05) is 48.5 Å². The van der Waals surface area contributed by atoms with Crippen molar-refractivity contribution in [3.8, 4) is 5.75 Å². The Balaban J connectivity index is 1.69. The lowest BCUT2D eigenvalue weighted by Crippen LogP contribution is -2.44. The SMILES string of the molecule is CCCOc1ccc(NC(=O)C2(c3ccc(Cl)cc3)CCOCC2)c2cccnc12. The summed E-state index contributed by atoms with van der Waals surface area (Å²) in [6, 6.07) is 15.1. The Labute approximate surface area is 181 Å². The number of hydrogen-bond acceptors (Lipinski definition) is 4. The van der Waals surface area contributed by atoms with Crippen molar-refractivity contribution >= 4 is 34.1 Å². The van der Waals surface area contributed by atoms with Gasteiger partial charge >= 0.3 is 0 Å². The first-order chi connectivity index (χ1) is 14.6. The molecule has 1 aliphatic rings. The number of aromatic nitrogens is 1. The number of rotatable bonds is 6. The highest BCUT2D eigenvalue weighted by Gasteiger charge is 2.41. The number of halogens is 1. The summed E-state index contributed by atoms with van der Waals surface area (Å²) in [6.45, 7) is 3.77. The second kappa shape index (κ2) is 9.02. The molecule has 30 heavy (non-hydrogen) atoms. The molecule has 1 fully saturated rings. The number of nitrogens with one attached hydrogen (secondary N) is 1. The highest BCUT2D eigenvalue weighted by atomic mass is 35.5. The molecule has 156 valence electrons. The number of carbonyl (C=O) groups is 1. The average molecular weight is 425 g/mol. The zero-order valence-electron chi connectivity index (χ0n) is 17.0. The number of pyridine rings is 1. The first-order valence-electron chi connectivity index (χ1n) is 10.3. The molecule has 2 aromatic carbocycles. The van der Waals surface area contributed by atoms with E-state index in [-0.39, 0.29) is 5.91 Å². The summed E-state index contributed by atoms with van der Waals surface area (Å²) < 4.78 is 11.4. The van der Waals surface area contributed by atoms with E-state index in [0.717, 1.165) is 34.3 Å². The average Bonchev–Trinajstić information content (AvgIpc) is 2.79. The van der Waals surface area contributed by atoms with Gasteiger partial charge in [-0.3, -0.25) is 9.78 Å². The summed E-state index contributed by atoms with van der Waals surface area (Å²) in [5.41, 5.74) is 1.77. The Kier molecular flexibility index (Phi) is 6.21. The van der Waals surface area contributed by atoms with Crippen LogP contribution >= 0.6 is 11.6 Å². The molecule has 3 aromatic rings. The first kappa shape index (κ1) is 20.6. The molecule has 4 rings (SSSR count). The smallest absolute Gasteiger partial charge is 0.235 e. The van der Waals surface area contributed by atoms with Gasteiger partial charge in [-0.2, -0.15) is 0 Å². The normalized spacial score (nSPS) is 15.7. The highest BCUT2D eigenvalue weighted by molar-refractivity contribution is 6.30. The lowest BCUT2D eigenvalue weighted by atomic mass is 9.73. The molecule has 2 heterocycles. The van der Waals surface area contributed by atoms with E-state index < -0.39 is 5.41 Å². The fourth-order valence-corrected chi connectivity index (χ4v) is 4.09. The lowest BCUT2D eigenvalue weighted by Gasteiger charge is -2.36. The van der Waals surface area contributed by atoms with Gasteiger partial charge < -0.3 is 14.8 Å². The van der Waals surface area contributed by atoms with Crippen LogP contribution in [0.5, 0.6) is 5.75 Å². The van der Waals surface area contributed by atoms with Crippen LogP contribution < -0.4 is 10.1 Å². The van der Waals surface area contributed by atoms with Gasteiger partial charge in [0.1, 0.15) is 11.3 Å². The Hall–Kier alpha value is -2.63. The van der Waals surface area contributed by atoms with Crippen LogP contribution in [0.15, 0.2) is 54.7 Å². The molecular weight excluding hydrogens is 400 g/mol. The van der Waals surface area contributed by atoms with Gasteiger partial charge in [-0.05, 0) is 61.2 Å². The van der Waals surface area contributed by atoms with Gasteiger partial charge in [-0.25, -0.2) is 0 Å².